The maximum Gasteiger partial charge on any atom is 0.373 e. The van der Waals surface area contributed by atoms with E-state index in [0.717, 1.165) is 11.5 Å². The quantitative estimate of drug-likeness (QED) is 0.653. The Morgan fingerprint density at radius 3 is 2.07 bits per heavy atom. The lowest BCUT2D eigenvalue weighted by Gasteiger charge is -2.14. The minimum atomic E-state index is -0.0840. The van der Waals surface area contributed by atoms with Crippen LogP contribution in [0.15, 0.2) is 10.5 Å². The van der Waals surface area contributed by atoms with E-state index in [1.54, 1.807) is 6.07 Å². The Morgan fingerprint density at radius 2 is 1.80 bits per heavy atom. The summed E-state index contributed by atoms with van der Waals surface area (Å²) in [6.45, 7) is 7.96. The van der Waals surface area contributed by atoms with Crippen molar-refractivity contribution in [2.24, 2.45) is 0 Å². The molecule has 0 saturated heterocycles. The molecule has 0 fully saturated rings. The van der Waals surface area contributed by atoms with E-state index in [2.05, 4.69) is 6.07 Å². The summed E-state index contributed by atoms with van der Waals surface area (Å²) in [5.74, 6) is 1.58. The third-order valence-electron chi connectivity index (χ3n) is 1.66. The highest BCUT2D eigenvalue weighted by Gasteiger charge is 2.22. The number of nitriles is 1. The number of carbonyl (C=O) groups excluding carboxylic acids is 2. The molecule has 80 valence electrons. The summed E-state index contributed by atoms with van der Waals surface area (Å²) >= 11 is 0. The zero-order chi connectivity index (χ0) is 12.1. The second-order valence-electron chi connectivity index (χ2n) is 4.04. The molecule has 1 aromatic heterocycles. The Kier molecular flexibility index (Phi) is 4.50. The monoisotopic (exact) mass is 207 g/mol. The van der Waals surface area contributed by atoms with Crippen molar-refractivity contribution in [3.05, 3.63) is 23.2 Å². The van der Waals surface area contributed by atoms with Crippen LogP contribution in [-0.4, -0.2) is 6.15 Å². The molecule has 15 heavy (non-hydrogen) atoms. The fraction of sp³-hybridized carbons (Fsp3) is 0.455. The molecule has 1 heterocycles. The van der Waals surface area contributed by atoms with Crippen LogP contribution in [0.1, 0.15) is 37.9 Å². The molecule has 0 saturated carbocycles. The van der Waals surface area contributed by atoms with Gasteiger partial charge in [0.2, 0.25) is 0 Å². The predicted molar refractivity (Wildman–Crippen MR) is 51.9 cm³/mol. The van der Waals surface area contributed by atoms with E-state index in [-0.39, 0.29) is 11.6 Å². The van der Waals surface area contributed by atoms with Gasteiger partial charge < -0.3 is 4.42 Å². The minimum absolute atomic E-state index is 0.0840. The van der Waals surface area contributed by atoms with Gasteiger partial charge in [-0.2, -0.15) is 14.9 Å². The van der Waals surface area contributed by atoms with Crippen molar-refractivity contribution in [1.82, 2.24) is 0 Å². The fourth-order valence-corrected chi connectivity index (χ4v) is 1.15. The largest absolute Gasteiger partial charge is 0.464 e. The Bertz CT molecular complexity index is 398. The van der Waals surface area contributed by atoms with E-state index in [9.17, 15) is 0 Å². The van der Waals surface area contributed by atoms with Crippen LogP contribution < -0.4 is 0 Å². The van der Waals surface area contributed by atoms with Crippen molar-refractivity contribution in [2.45, 2.75) is 33.1 Å². The number of rotatable bonds is 0. The van der Waals surface area contributed by atoms with Crippen LogP contribution >= 0.6 is 0 Å². The van der Waals surface area contributed by atoms with Crippen molar-refractivity contribution >= 4 is 6.15 Å². The lowest BCUT2D eigenvalue weighted by Crippen LogP contribution is -2.11. The lowest BCUT2D eigenvalue weighted by atomic mass is 9.91. The van der Waals surface area contributed by atoms with Gasteiger partial charge in [-0.15, -0.1) is 0 Å². The molecular formula is C11H13NO3. The first-order valence-electron chi connectivity index (χ1n) is 4.37. The SMILES string of the molecule is Cc1cc(C#N)c(C(C)(C)C)o1.O=C=O. The van der Waals surface area contributed by atoms with Crippen LogP contribution in [0, 0.1) is 18.3 Å². The average molecular weight is 207 g/mol. The number of hydrogen-bond acceptors (Lipinski definition) is 4. The third-order valence-corrected chi connectivity index (χ3v) is 1.66. The maximum absolute atomic E-state index is 8.79. The molecule has 4 nitrogen and oxygen atoms in total. The van der Waals surface area contributed by atoms with Gasteiger partial charge in [0.25, 0.3) is 0 Å². The summed E-state index contributed by atoms with van der Waals surface area (Å²) in [5.41, 5.74) is 0.569. The van der Waals surface area contributed by atoms with Crippen molar-refractivity contribution < 1.29 is 14.0 Å². The molecule has 0 aliphatic rings. The Hall–Kier alpha value is -1.85. The van der Waals surface area contributed by atoms with Gasteiger partial charge in [0.05, 0.1) is 5.56 Å². The Balaban J connectivity index is 0.000000583. The van der Waals surface area contributed by atoms with E-state index in [4.69, 9.17) is 19.3 Å². The van der Waals surface area contributed by atoms with Gasteiger partial charge in [-0.05, 0) is 13.0 Å². The predicted octanol–water partition coefficient (Wildman–Crippen LogP) is 2.17. The molecule has 1 aromatic rings. The van der Waals surface area contributed by atoms with E-state index in [1.165, 1.54) is 0 Å². The highest BCUT2D eigenvalue weighted by atomic mass is 16.3. The molecule has 0 spiro atoms. The average Bonchev–Trinajstić information content (AvgIpc) is 2.47. The maximum atomic E-state index is 8.79. The molecule has 1 rings (SSSR count). The van der Waals surface area contributed by atoms with Crippen LogP contribution in [-0.2, 0) is 15.0 Å². The molecule has 0 radical (unpaired) electrons. The van der Waals surface area contributed by atoms with E-state index < -0.39 is 0 Å². The Morgan fingerprint density at radius 1 is 1.33 bits per heavy atom. The standard InChI is InChI=1S/C10H13NO.CO2/c1-7-5-8(6-11)9(12-7)10(2,3)4;2-1-3/h5H,1-4H3;. The molecule has 0 aliphatic heterocycles. The first-order valence-corrected chi connectivity index (χ1v) is 4.37. The van der Waals surface area contributed by atoms with Gasteiger partial charge in [0, 0.05) is 5.41 Å². The summed E-state index contributed by atoms with van der Waals surface area (Å²) in [6, 6.07) is 3.91. The number of aryl methyl sites for hydroxylation is 1. The second-order valence-corrected chi connectivity index (χ2v) is 4.04. The van der Waals surface area contributed by atoms with Crippen molar-refractivity contribution in [3.8, 4) is 6.07 Å². The molecule has 4 heteroatoms. The molecule has 0 N–H and O–H groups in total. The van der Waals surface area contributed by atoms with Gasteiger partial charge in [-0.1, -0.05) is 20.8 Å². The number of nitrogens with zero attached hydrogens (tertiary/aromatic N) is 1. The van der Waals surface area contributed by atoms with Crippen LogP contribution in [0.3, 0.4) is 0 Å². The molecular weight excluding hydrogens is 194 g/mol. The van der Waals surface area contributed by atoms with Gasteiger partial charge in [-0.3, -0.25) is 0 Å². The molecule has 0 amide bonds. The summed E-state index contributed by atoms with van der Waals surface area (Å²) in [6.07, 6.45) is 0.250. The van der Waals surface area contributed by atoms with Crippen LogP contribution in [0.5, 0.6) is 0 Å². The summed E-state index contributed by atoms with van der Waals surface area (Å²) in [7, 11) is 0. The first-order chi connectivity index (χ1) is 6.86. The van der Waals surface area contributed by atoms with Crippen molar-refractivity contribution in [1.29, 1.82) is 5.26 Å². The van der Waals surface area contributed by atoms with Gasteiger partial charge in [0.1, 0.15) is 17.6 Å². The van der Waals surface area contributed by atoms with Crippen molar-refractivity contribution in [3.63, 3.8) is 0 Å². The highest BCUT2D eigenvalue weighted by molar-refractivity contribution is 5.37. The van der Waals surface area contributed by atoms with Crippen LogP contribution in [0.25, 0.3) is 0 Å². The second kappa shape index (κ2) is 5.14. The topological polar surface area (TPSA) is 71.1 Å². The summed E-state index contributed by atoms with van der Waals surface area (Å²) < 4.78 is 5.45. The van der Waals surface area contributed by atoms with Gasteiger partial charge >= 0.3 is 6.15 Å². The van der Waals surface area contributed by atoms with Crippen LogP contribution in [0.4, 0.5) is 0 Å². The van der Waals surface area contributed by atoms with E-state index in [1.807, 2.05) is 27.7 Å². The third kappa shape index (κ3) is 3.80. The number of hydrogen-bond donors (Lipinski definition) is 0. The normalized spacial score (nSPS) is 9.53. The lowest BCUT2D eigenvalue weighted by molar-refractivity contribution is -0.191. The summed E-state index contributed by atoms with van der Waals surface area (Å²) in [4.78, 5) is 16.2. The highest BCUT2D eigenvalue weighted by Crippen LogP contribution is 2.27. The molecule has 0 aliphatic carbocycles. The molecule has 0 atom stereocenters. The number of furan rings is 1. The molecule has 0 bridgehead atoms. The van der Waals surface area contributed by atoms with Crippen LogP contribution in [0.2, 0.25) is 0 Å². The van der Waals surface area contributed by atoms with Gasteiger partial charge in [-0.25, -0.2) is 0 Å². The zero-order valence-electron chi connectivity index (χ0n) is 9.25. The van der Waals surface area contributed by atoms with E-state index >= 15 is 0 Å². The first kappa shape index (κ1) is 13.2. The summed E-state index contributed by atoms with van der Waals surface area (Å²) in [5, 5.41) is 8.79. The van der Waals surface area contributed by atoms with E-state index in [0.29, 0.717) is 5.56 Å². The molecule has 0 unspecified atom stereocenters. The smallest absolute Gasteiger partial charge is 0.373 e. The van der Waals surface area contributed by atoms with Crippen molar-refractivity contribution in [2.75, 3.05) is 0 Å². The Labute approximate surface area is 88.5 Å². The molecule has 0 aromatic carbocycles. The van der Waals surface area contributed by atoms with Gasteiger partial charge in [0.15, 0.2) is 0 Å². The fourth-order valence-electron chi connectivity index (χ4n) is 1.15. The minimum Gasteiger partial charge on any atom is -0.464 e. The zero-order valence-corrected chi connectivity index (χ0v) is 9.25.